The minimum atomic E-state index is -0.141. The topological polar surface area (TPSA) is 51.5 Å². The zero-order valence-corrected chi connectivity index (χ0v) is 16.7. The smallest absolute Gasteiger partial charge is 0.256 e. The summed E-state index contributed by atoms with van der Waals surface area (Å²) in [5, 5.41) is 3.81. The van der Waals surface area contributed by atoms with E-state index in [1.165, 1.54) is 5.56 Å². The Bertz CT molecular complexity index is 764. The molecule has 4 nitrogen and oxygen atoms in total. The Morgan fingerprint density at radius 2 is 1.84 bits per heavy atom. The third-order valence-corrected chi connectivity index (χ3v) is 6.11. The molecule has 0 saturated carbocycles. The maximum Gasteiger partial charge on any atom is 0.256 e. The predicted molar refractivity (Wildman–Crippen MR) is 101 cm³/mol. The van der Waals surface area contributed by atoms with Gasteiger partial charge >= 0.3 is 0 Å². The number of rotatable bonds is 4. The molecule has 6 heteroatoms. The fourth-order valence-corrected chi connectivity index (χ4v) is 4.05. The van der Waals surface area contributed by atoms with Gasteiger partial charge in [-0.15, -0.1) is 0 Å². The summed E-state index contributed by atoms with van der Waals surface area (Å²) in [5.41, 5.74) is 1.60. The maximum atomic E-state index is 12.7. The van der Waals surface area contributed by atoms with Crippen LogP contribution in [0.3, 0.4) is 0 Å². The molecule has 2 heterocycles. The second-order valence-electron chi connectivity index (χ2n) is 6.49. The van der Waals surface area contributed by atoms with Crippen LogP contribution >= 0.6 is 27.5 Å². The van der Waals surface area contributed by atoms with E-state index in [4.69, 9.17) is 20.8 Å². The number of carbonyl (C=O) groups is 1. The molecule has 134 valence electrons. The van der Waals surface area contributed by atoms with Crippen LogP contribution in [-0.2, 0) is 10.2 Å². The van der Waals surface area contributed by atoms with E-state index in [9.17, 15) is 4.79 Å². The average Bonchev–Trinajstić information content (AvgIpc) is 2.86. The van der Waals surface area contributed by atoms with Crippen LogP contribution < -0.4 is 5.32 Å². The van der Waals surface area contributed by atoms with E-state index in [2.05, 4.69) is 21.2 Å². The van der Waals surface area contributed by atoms with Gasteiger partial charge in [-0.25, -0.2) is 0 Å². The van der Waals surface area contributed by atoms with Crippen LogP contribution in [0.15, 0.2) is 33.2 Å². The zero-order valence-electron chi connectivity index (χ0n) is 14.3. The molecule has 0 unspecified atom stereocenters. The maximum absolute atomic E-state index is 12.7. The van der Waals surface area contributed by atoms with Gasteiger partial charge in [0.1, 0.15) is 11.5 Å². The van der Waals surface area contributed by atoms with Gasteiger partial charge in [0.05, 0.1) is 10.0 Å². The molecular formula is C19H21BrClNO3. The highest BCUT2D eigenvalue weighted by Crippen LogP contribution is 2.35. The summed E-state index contributed by atoms with van der Waals surface area (Å²) in [6.07, 6.45) is 1.72. The first-order chi connectivity index (χ1) is 11.9. The average molecular weight is 427 g/mol. The number of hydrogen-bond donors (Lipinski definition) is 1. The lowest BCUT2D eigenvalue weighted by Gasteiger charge is -2.38. The molecule has 0 atom stereocenters. The van der Waals surface area contributed by atoms with Crippen molar-refractivity contribution in [3.63, 3.8) is 0 Å². The molecule has 1 aromatic heterocycles. The Labute approximate surface area is 161 Å². The fourth-order valence-electron chi connectivity index (χ4n) is 3.39. The molecule has 1 aliphatic rings. The predicted octanol–water partition coefficient (Wildman–Crippen LogP) is 4.79. The van der Waals surface area contributed by atoms with E-state index >= 15 is 0 Å². The van der Waals surface area contributed by atoms with Crippen molar-refractivity contribution in [3.05, 3.63) is 56.4 Å². The Kier molecular flexibility index (Phi) is 5.56. The van der Waals surface area contributed by atoms with Crippen LogP contribution in [0, 0.1) is 13.8 Å². The molecule has 25 heavy (non-hydrogen) atoms. The van der Waals surface area contributed by atoms with E-state index in [1.54, 1.807) is 6.92 Å². The van der Waals surface area contributed by atoms with Gasteiger partial charge in [0.15, 0.2) is 0 Å². The first kappa shape index (κ1) is 18.5. The van der Waals surface area contributed by atoms with Gasteiger partial charge in [-0.3, -0.25) is 4.79 Å². The molecule has 1 N–H and O–H groups in total. The monoisotopic (exact) mass is 425 g/mol. The molecule has 2 aromatic rings. The lowest BCUT2D eigenvalue weighted by Crippen LogP contribution is -2.44. The number of hydrogen-bond acceptors (Lipinski definition) is 3. The summed E-state index contributed by atoms with van der Waals surface area (Å²) in [4.78, 5) is 12.7. The number of carbonyl (C=O) groups excluding carboxylic acids is 1. The van der Waals surface area contributed by atoms with Gasteiger partial charge in [0.25, 0.3) is 5.91 Å². The van der Waals surface area contributed by atoms with E-state index < -0.39 is 0 Å². The van der Waals surface area contributed by atoms with Crippen molar-refractivity contribution in [3.8, 4) is 0 Å². The van der Waals surface area contributed by atoms with Gasteiger partial charge in [0.2, 0.25) is 0 Å². The lowest BCUT2D eigenvalue weighted by atomic mass is 9.74. The third-order valence-electron chi connectivity index (χ3n) is 4.91. The van der Waals surface area contributed by atoms with Crippen LogP contribution in [0.4, 0.5) is 0 Å². The summed E-state index contributed by atoms with van der Waals surface area (Å²) in [6.45, 7) is 5.56. The number of benzene rings is 1. The van der Waals surface area contributed by atoms with Gasteiger partial charge in [0, 0.05) is 30.2 Å². The van der Waals surface area contributed by atoms with Crippen LogP contribution in [0.25, 0.3) is 0 Å². The van der Waals surface area contributed by atoms with Crippen LogP contribution in [-0.4, -0.2) is 25.7 Å². The number of furan rings is 1. The molecule has 0 spiro atoms. The van der Waals surface area contributed by atoms with Crippen molar-refractivity contribution in [2.45, 2.75) is 32.1 Å². The van der Waals surface area contributed by atoms with Crippen LogP contribution in [0.5, 0.6) is 0 Å². The molecule has 1 saturated heterocycles. The van der Waals surface area contributed by atoms with Gasteiger partial charge in [-0.05, 0) is 60.3 Å². The van der Waals surface area contributed by atoms with Crippen molar-refractivity contribution in [1.29, 1.82) is 0 Å². The first-order valence-electron chi connectivity index (χ1n) is 8.30. The van der Waals surface area contributed by atoms with Crippen molar-refractivity contribution >= 4 is 33.4 Å². The van der Waals surface area contributed by atoms with Gasteiger partial charge in [-0.2, -0.15) is 0 Å². The molecule has 1 aliphatic heterocycles. The van der Waals surface area contributed by atoms with Gasteiger partial charge < -0.3 is 14.5 Å². The number of nitrogens with one attached hydrogen (secondary N) is 1. The quantitative estimate of drug-likeness (QED) is 0.764. The summed E-state index contributed by atoms with van der Waals surface area (Å²) in [7, 11) is 0. The molecule has 3 rings (SSSR count). The molecule has 0 radical (unpaired) electrons. The van der Waals surface area contributed by atoms with E-state index in [0.29, 0.717) is 41.9 Å². The molecule has 0 aliphatic carbocycles. The summed E-state index contributed by atoms with van der Waals surface area (Å²) in [6, 6.07) is 7.89. The normalized spacial score (nSPS) is 16.6. The molecule has 1 amide bonds. The second kappa shape index (κ2) is 7.52. The highest BCUT2D eigenvalue weighted by molar-refractivity contribution is 9.10. The van der Waals surface area contributed by atoms with Crippen molar-refractivity contribution in [1.82, 2.24) is 5.32 Å². The second-order valence-corrected chi connectivity index (χ2v) is 7.72. The number of ether oxygens (including phenoxy) is 1. The standard InChI is InChI=1S/C19H21BrClNO3/c1-12-16(17(20)13(2)25-12)18(23)22-11-19(7-9-24-10-8-19)14-3-5-15(21)6-4-14/h3-6H,7-11H2,1-2H3,(H,22,23). The minimum absolute atomic E-state index is 0.124. The van der Waals surface area contributed by atoms with Crippen molar-refractivity contribution < 1.29 is 13.9 Å². The van der Waals surface area contributed by atoms with Crippen LogP contribution in [0.2, 0.25) is 5.02 Å². The Morgan fingerprint density at radius 3 is 2.40 bits per heavy atom. The number of halogens is 2. The SMILES string of the molecule is Cc1oc(C)c(C(=O)NCC2(c3ccc(Cl)cc3)CCOCC2)c1Br. The fraction of sp³-hybridized carbons (Fsp3) is 0.421. The minimum Gasteiger partial charge on any atom is -0.465 e. The van der Waals surface area contributed by atoms with E-state index in [1.807, 2.05) is 31.2 Å². The van der Waals surface area contributed by atoms with Crippen molar-refractivity contribution in [2.75, 3.05) is 19.8 Å². The Hall–Kier alpha value is -1.30. The molecular weight excluding hydrogens is 406 g/mol. The summed E-state index contributed by atoms with van der Waals surface area (Å²) < 4.78 is 11.8. The van der Waals surface area contributed by atoms with Crippen molar-refractivity contribution in [2.24, 2.45) is 0 Å². The highest BCUT2D eigenvalue weighted by Gasteiger charge is 2.35. The number of aryl methyl sites for hydroxylation is 2. The summed E-state index contributed by atoms with van der Waals surface area (Å²) >= 11 is 9.48. The molecule has 1 fully saturated rings. The Balaban J connectivity index is 1.81. The molecule has 0 bridgehead atoms. The largest absolute Gasteiger partial charge is 0.465 e. The first-order valence-corrected chi connectivity index (χ1v) is 9.47. The highest BCUT2D eigenvalue weighted by atomic mass is 79.9. The third kappa shape index (κ3) is 3.78. The van der Waals surface area contributed by atoms with Gasteiger partial charge in [-0.1, -0.05) is 23.7 Å². The van der Waals surface area contributed by atoms with E-state index in [-0.39, 0.29) is 11.3 Å². The number of amides is 1. The van der Waals surface area contributed by atoms with E-state index in [0.717, 1.165) is 17.3 Å². The summed E-state index contributed by atoms with van der Waals surface area (Å²) in [5.74, 6) is 1.21. The Morgan fingerprint density at radius 1 is 1.20 bits per heavy atom. The van der Waals surface area contributed by atoms with Crippen LogP contribution in [0.1, 0.15) is 40.3 Å². The lowest BCUT2D eigenvalue weighted by molar-refractivity contribution is 0.0487. The molecule has 1 aromatic carbocycles. The zero-order chi connectivity index (χ0) is 18.0.